The van der Waals surface area contributed by atoms with E-state index in [-0.39, 0.29) is 6.79 Å². The smallest absolute Gasteiger partial charge is 0.434 e. The topological polar surface area (TPSA) is 44.8 Å². The van der Waals surface area contributed by atoms with Gasteiger partial charge in [0, 0.05) is 7.11 Å². The van der Waals surface area contributed by atoms with Gasteiger partial charge in [0.25, 0.3) is 0 Å². The summed E-state index contributed by atoms with van der Waals surface area (Å²) < 4.78 is 14.2. The summed E-state index contributed by atoms with van der Waals surface area (Å²) in [5, 5.41) is 0. The van der Waals surface area contributed by atoms with Crippen molar-refractivity contribution in [2.45, 2.75) is 96.8 Å². The van der Waals surface area contributed by atoms with Gasteiger partial charge in [-0.05, 0) is 6.42 Å². The number of unbranched alkanes of at least 4 members (excludes halogenated alkanes) is 13. The molecule has 0 atom stereocenters. The fourth-order valence-corrected chi connectivity index (χ4v) is 2.60. The highest BCUT2D eigenvalue weighted by Crippen LogP contribution is 2.12. The Balaban J connectivity index is 3.04. The van der Waals surface area contributed by atoms with Crippen LogP contribution in [-0.4, -0.2) is 26.7 Å². The van der Waals surface area contributed by atoms with E-state index in [9.17, 15) is 4.79 Å². The van der Waals surface area contributed by atoms with E-state index in [4.69, 9.17) is 4.74 Å². The molecule has 4 heteroatoms. The van der Waals surface area contributed by atoms with Crippen molar-refractivity contribution < 1.29 is 19.0 Å². The summed E-state index contributed by atoms with van der Waals surface area (Å²) in [5.41, 5.74) is 0. The molecule has 0 aromatic rings. The van der Waals surface area contributed by atoms with Crippen molar-refractivity contribution in [2.75, 3.05) is 20.5 Å². The van der Waals surface area contributed by atoms with Crippen molar-refractivity contribution in [3.05, 3.63) is 0 Å². The molecule has 0 amide bonds. The van der Waals surface area contributed by atoms with Gasteiger partial charge in [0.1, 0.15) is 0 Å². The van der Waals surface area contributed by atoms with Gasteiger partial charge >= 0.3 is 6.16 Å². The van der Waals surface area contributed by atoms with Gasteiger partial charge < -0.3 is 14.2 Å². The summed E-state index contributed by atoms with van der Waals surface area (Å²) in [6.07, 6.45) is 17.9. The van der Waals surface area contributed by atoms with Gasteiger partial charge in [-0.2, -0.15) is 0 Å². The van der Waals surface area contributed by atoms with Crippen LogP contribution in [0.5, 0.6) is 0 Å². The molecule has 0 fully saturated rings. The van der Waals surface area contributed by atoms with Crippen LogP contribution in [0.25, 0.3) is 0 Å². The Labute approximate surface area is 143 Å². The highest BCUT2D eigenvalue weighted by molar-refractivity contribution is 5.59. The van der Waals surface area contributed by atoms with Crippen molar-refractivity contribution in [1.82, 2.24) is 0 Å². The second kappa shape index (κ2) is 19.3. The fourth-order valence-electron chi connectivity index (χ4n) is 2.60. The molecule has 0 aromatic heterocycles. The molecule has 0 bridgehead atoms. The van der Waals surface area contributed by atoms with E-state index in [1.807, 2.05) is 0 Å². The molecule has 4 nitrogen and oxygen atoms in total. The molecule has 23 heavy (non-hydrogen) atoms. The number of ether oxygens (including phenoxy) is 3. The largest absolute Gasteiger partial charge is 0.510 e. The van der Waals surface area contributed by atoms with Gasteiger partial charge in [0.15, 0.2) is 6.79 Å². The van der Waals surface area contributed by atoms with Crippen LogP contribution in [0.4, 0.5) is 4.79 Å². The van der Waals surface area contributed by atoms with E-state index in [0.717, 1.165) is 12.8 Å². The number of carbonyl (C=O) groups is 1. The van der Waals surface area contributed by atoms with Crippen LogP contribution in [0.1, 0.15) is 96.8 Å². The van der Waals surface area contributed by atoms with Crippen LogP contribution in [0.15, 0.2) is 0 Å². The predicted molar refractivity (Wildman–Crippen MR) is 94.6 cm³/mol. The Morgan fingerprint density at radius 3 is 1.52 bits per heavy atom. The third-order valence-electron chi connectivity index (χ3n) is 4.01. The quantitative estimate of drug-likeness (QED) is 0.180. The Morgan fingerprint density at radius 1 is 0.652 bits per heavy atom. The first kappa shape index (κ1) is 22.2. The standard InChI is InChI=1S/C19H38O4/c1-3-4-5-6-7-8-9-10-11-12-13-14-15-16-17-22-19(20)23-18-21-2/h3-18H2,1-2H3. The van der Waals surface area contributed by atoms with E-state index in [1.54, 1.807) is 0 Å². The van der Waals surface area contributed by atoms with E-state index in [1.165, 1.54) is 84.2 Å². The van der Waals surface area contributed by atoms with Gasteiger partial charge in [-0.25, -0.2) is 4.79 Å². The number of rotatable bonds is 17. The lowest BCUT2D eigenvalue weighted by atomic mass is 10.0. The zero-order valence-electron chi connectivity index (χ0n) is 15.4. The normalized spacial score (nSPS) is 10.7. The molecule has 0 unspecified atom stereocenters. The van der Waals surface area contributed by atoms with Crippen molar-refractivity contribution in [3.8, 4) is 0 Å². The summed E-state index contributed by atoms with van der Waals surface area (Å²) in [6.45, 7) is 2.67. The van der Waals surface area contributed by atoms with Crippen LogP contribution in [-0.2, 0) is 14.2 Å². The van der Waals surface area contributed by atoms with Crippen LogP contribution in [0.3, 0.4) is 0 Å². The highest BCUT2D eigenvalue weighted by Gasteiger charge is 2.02. The summed E-state index contributed by atoms with van der Waals surface area (Å²) in [5.74, 6) is 0. The van der Waals surface area contributed by atoms with E-state index in [0.29, 0.717) is 6.61 Å². The van der Waals surface area contributed by atoms with Crippen molar-refractivity contribution in [1.29, 1.82) is 0 Å². The zero-order chi connectivity index (χ0) is 17.0. The summed E-state index contributed by atoms with van der Waals surface area (Å²) in [7, 11) is 1.47. The number of methoxy groups -OCH3 is 1. The average molecular weight is 331 g/mol. The van der Waals surface area contributed by atoms with Crippen molar-refractivity contribution >= 4 is 6.16 Å². The lowest BCUT2D eigenvalue weighted by Gasteiger charge is -2.05. The van der Waals surface area contributed by atoms with Crippen molar-refractivity contribution in [2.24, 2.45) is 0 Å². The SMILES string of the molecule is CCCCCCCCCCCCCCCCOC(=O)OCOC. The molecule has 0 radical (unpaired) electrons. The molecule has 138 valence electrons. The first-order valence-electron chi connectivity index (χ1n) is 9.59. The Hall–Kier alpha value is -0.770. The molecule has 0 aliphatic heterocycles. The maximum absolute atomic E-state index is 11.0. The van der Waals surface area contributed by atoms with E-state index < -0.39 is 6.16 Å². The second-order valence-electron chi connectivity index (χ2n) is 6.25. The van der Waals surface area contributed by atoms with Gasteiger partial charge in [-0.15, -0.1) is 0 Å². The van der Waals surface area contributed by atoms with Gasteiger partial charge in [-0.1, -0.05) is 90.4 Å². The van der Waals surface area contributed by atoms with Crippen LogP contribution in [0.2, 0.25) is 0 Å². The average Bonchev–Trinajstić information content (AvgIpc) is 2.56. The maximum atomic E-state index is 11.0. The minimum Gasteiger partial charge on any atom is -0.434 e. The zero-order valence-corrected chi connectivity index (χ0v) is 15.4. The van der Waals surface area contributed by atoms with Crippen LogP contribution < -0.4 is 0 Å². The summed E-state index contributed by atoms with van der Waals surface area (Å²) in [4.78, 5) is 11.0. The molecular formula is C19H38O4. The summed E-state index contributed by atoms with van der Waals surface area (Å²) in [6, 6.07) is 0. The van der Waals surface area contributed by atoms with Crippen molar-refractivity contribution in [3.63, 3.8) is 0 Å². The number of hydrogen-bond acceptors (Lipinski definition) is 4. The second-order valence-corrected chi connectivity index (χ2v) is 6.25. The van der Waals surface area contributed by atoms with Crippen LogP contribution in [0, 0.1) is 0 Å². The lowest BCUT2D eigenvalue weighted by molar-refractivity contribution is -0.0264. The van der Waals surface area contributed by atoms with Crippen LogP contribution >= 0.6 is 0 Å². The molecule has 0 heterocycles. The molecular weight excluding hydrogens is 292 g/mol. The van der Waals surface area contributed by atoms with Gasteiger partial charge in [-0.3, -0.25) is 0 Å². The first-order chi connectivity index (χ1) is 11.3. The third kappa shape index (κ3) is 19.2. The minimum atomic E-state index is -0.637. The van der Waals surface area contributed by atoms with E-state index >= 15 is 0 Å². The van der Waals surface area contributed by atoms with E-state index in [2.05, 4.69) is 16.4 Å². The molecule has 0 spiro atoms. The lowest BCUT2D eigenvalue weighted by Crippen LogP contribution is -2.10. The molecule has 0 saturated carbocycles. The fraction of sp³-hybridized carbons (Fsp3) is 0.947. The molecule has 0 aromatic carbocycles. The minimum absolute atomic E-state index is 0.0441. The molecule has 0 aliphatic carbocycles. The molecule has 0 N–H and O–H groups in total. The Morgan fingerprint density at radius 2 is 1.09 bits per heavy atom. The predicted octanol–water partition coefficient (Wildman–Crippen LogP) is 6.22. The van der Waals surface area contributed by atoms with Gasteiger partial charge in [0.2, 0.25) is 0 Å². The Bertz CT molecular complexity index is 244. The molecule has 0 saturated heterocycles. The number of carbonyl (C=O) groups excluding carboxylic acids is 1. The first-order valence-corrected chi connectivity index (χ1v) is 9.59. The monoisotopic (exact) mass is 330 g/mol. The molecule has 0 rings (SSSR count). The number of hydrogen-bond donors (Lipinski definition) is 0. The third-order valence-corrected chi connectivity index (χ3v) is 4.01. The Kier molecular flexibility index (Phi) is 18.6. The maximum Gasteiger partial charge on any atom is 0.510 e. The summed E-state index contributed by atoms with van der Waals surface area (Å²) >= 11 is 0. The highest BCUT2D eigenvalue weighted by atomic mass is 16.8. The van der Waals surface area contributed by atoms with Gasteiger partial charge in [0.05, 0.1) is 6.61 Å². The molecule has 0 aliphatic rings.